The molecule has 0 aliphatic heterocycles. The number of allylic oxidation sites excluding steroid dienone is 5. The lowest BCUT2D eigenvalue weighted by Crippen LogP contribution is -1.98. The van der Waals surface area contributed by atoms with Crippen molar-refractivity contribution in [3.8, 4) is 5.75 Å². The van der Waals surface area contributed by atoms with Gasteiger partial charge in [0.1, 0.15) is 12.4 Å². The third kappa shape index (κ3) is 9.12. The van der Waals surface area contributed by atoms with Crippen LogP contribution < -0.4 is 4.74 Å². The van der Waals surface area contributed by atoms with E-state index >= 15 is 0 Å². The summed E-state index contributed by atoms with van der Waals surface area (Å²) in [6.07, 6.45) is 10.3. The highest BCUT2D eigenvalue weighted by atomic mass is 16.6. The molecule has 0 fully saturated rings. The van der Waals surface area contributed by atoms with Gasteiger partial charge in [-0.05, 0) is 59.5 Å². The van der Waals surface area contributed by atoms with Gasteiger partial charge in [-0.1, -0.05) is 28.9 Å². The van der Waals surface area contributed by atoms with Gasteiger partial charge < -0.3 is 4.74 Å². The first kappa shape index (κ1) is 23.1. The monoisotopic (exact) mass is 388 g/mol. The van der Waals surface area contributed by atoms with Crippen LogP contribution in [0.3, 0.4) is 0 Å². The van der Waals surface area contributed by atoms with Crippen molar-refractivity contribution in [1.82, 2.24) is 0 Å². The van der Waals surface area contributed by atoms with Gasteiger partial charge in [0.25, 0.3) is 11.4 Å². The van der Waals surface area contributed by atoms with Crippen LogP contribution in [0.15, 0.2) is 53.1 Å². The maximum absolute atomic E-state index is 10.9. The number of nitrogens with zero attached hydrogens (tertiary/aromatic N) is 2. The summed E-state index contributed by atoms with van der Waals surface area (Å²) in [6, 6.07) is 3.30. The zero-order valence-corrected chi connectivity index (χ0v) is 16.9. The summed E-state index contributed by atoms with van der Waals surface area (Å²) in [5.74, 6) is 0.111. The maximum Gasteiger partial charge on any atom is 0.280 e. The van der Waals surface area contributed by atoms with Crippen LogP contribution in [0.4, 0.5) is 11.4 Å². The van der Waals surface area contributed by atoms with E-state index in [0.29, 0.717) is 0 Å². The Kier molecular flexibility index (Phi) is 9.64. The smallest absolute Gasteiger partial charge is 0.280 e. The highest BCUT2D eigenvalue weighted by Crippen LogP contribution is 2.27. The van der Waals surface area contributed by atoms with Gasteiger partial charge in [0.2, 0.25) is 0 Å². The topological polar surface area (TPSA) is 95.5 Å². The van der Waals surface area contributed by atoms with Gasteiger partial charge in [-0.25, -0.2) is 0 Å². The molecule has 7 heteroatoms. The lowest BCUT2D eigenvalue weighted by Gasteiger charge is -2.05. The van der Waals surface area contributed by atoms with Gasteiger partial charge in [0.05, 0.1) is 28.0 Å². The lowest BCUT2D eigenvalue weighted by molar-refractivity contribution is -0.394. The van der Waals surface area contributed by atoms with Crippen LogP contribution in [0.2, 0.25) is 0 Å². The van der Waals surface area contributed by atoms with E-state index in [0.717, 1.165) is 37.3 Å². The molecule has 0 radical (unpaired) electrons. The molecule has 0 aliphatic rings. The van der Waals surface area contributed by atoms with Crippen molar-refractivity contribution < 1.29 is 14.6 Å². The molecule has 0 saturated carbocycles. The summed E-state index contributed by atoms with van der Waals surface area (Å²) in [6.45, 7) is 8.53. The first-order chi connectivity index (χ1) is 13.2. The predicted molar refractivity (Wildman–Crippen MR) is 111 cm³/mol. The molecule has 1 aromatic rings. The van der Waals surface area contributed by atoms with Crippen LogP contribution in [-0.4, -0.2) is 16.5 Å². The minimum Gasteiger partial charge on any atom is -0.489 e. The van der Waals surface area contributed by atoms with Crippen LogP contribution in [0.5, 0.6) is 5.75 Å². The molecule has 0 unspecified atom stereocenters. The van der Waals surface area contributed by atoms with Crippen LogP contribution in [-0.2, 0) is 0 Å². The molecule has 0 saturated heterocycles. The standard InChI is InChI=1S/C21H28N2O5/c1-16(2)7-5-8-17(3)9-6-10-18(4)11-12-28-21-14-19(22(24)25)13-20(15-21)23(26)27/h7,9,11,13-15H,5-6,8,10,12H2,1-4H3. The molecule has 1 rings (SSSR count). The third-order valence-electron chi connectivity index (χ3n) is 4.10. The summed E-state index contributed by atoms with van der Waals surface area (Å²) in [5, 5.41) is 21.8. The molecule has 28 heavy (non-hydrogen) atoms. The van der Waals surface area contributed by atoms with E-state index < -0.39 is 9.85 Å². The average Bonchev–Trinajstić information content (AvgIpc) is 2.61. The first-order valence-electron chi connectivity index (χ1n) is 9.20. The number of nitro benzene ring substituents is 2. The molecular weight excluding hydrogens is 360 g/mol. The third-order valence-corrected chi connectivity index (χ3v) is 4.10. The fourth-order valence-electron chi connectivity index (χ4n) is 2.48. The summed E-state index contributed by atoms with van der Waals surface area (Å²) in [7, 11) is 0. The normalized spacial score (nSPS) is 11.9. The minimum atomic E-state index is -0.673. The second-order valence-corrected chi connectivity index (χ2v) is 6.97. The average molecular weight is 388 g/mol. The largest absolute Gasteiger partial charge is 0.489 e. The molecule has 1 aromatic carbocycles. The number of rotatable bonds is 11. The molecule has 0 spiro atoms. The number of ether oxygens (including phenoxy) is 1. The predicted octanol–water partition coefficient (Wildman–Crippen LogP) is 6.30. The van der Waals surface area contributed by atoms with E-state index in [-0.39, 0.29) is 23.7 Å². The molecule has 7 nitrogen and oxygen atoms in total. The SMILES string of the molecule is CC(C)=CCCC(C)=CCCC(C)=CCOc1cc([N+](=O)[O-])cc([N+](=O)[O-])c1. The highest BCUT2D eigenvalue weighted by Gasteiger charge is 2.16. The first-order valence-corrected chi connectivity index (χ1v) is 9.20. The summed E-state index contributed by atoms with van der Waals surface area (Å²) in [5.41, 5.74) is 3.11. The molecule has 0 amide bonds. The van der Waals surface area contributed by atoms with Crippen molar-refractivity contribution in [2.75, 3.05) is 6.61 Å². The van der Waals surface area contributed by atoms with Gasteiger partial charge >= 0.3 is 0 Å². The van der Waals surface area contributed by atoms with E-state index in [1.807, 2.05) is 13.0 Å². The summed E-state index contributed by atoms with van der Waals surface area (Å²) >= 11 is 0. The van der Waals surface area contributed by atoms with Crippen molar-refractivity contribution in [1.29, 1.82) is 0 Å². The van der Waals surface area contributed by atoms with Crippen molar-refractivity contribution >= 4 is 11.4 Å². The Hall–Kier alpha value is -2.96. The Morgan fingerprint density at radius 2 is 1.36 bits per heavy atom. The molecule has 0 bridgehead atoms. The van der Waals surface area contributed by atoms with E-state index in [4.69, 9.17) is 4.74 Å². The Bertz CT molecular complexity index is 758. The van der Waals surface area contributed by atoms with Gasteiger partial charge in [-0.15, -0.1) is 0 Å². The fraction of sp³-hybridized carbons (Fsp3) is 0.429. The van der Waals surface area contributed by atoms with E-state index in [1.54, 1.807) is 0 Å². The number of benzene rings is 1. The second kappa shape index (κ2) is 11.7. The number of nitro groups is 2. The van der Waals surface area contributed by atoms with Gasteiger partial charge in [-0.2, -0.15) is 0 Å². The van der Waals surface area contributed by atoms with Crippen molar-refractivity contribution in [2.24, 2.45) is 0 Å². The summed E-state index contributed by atoms with van der Waals surface area (Å²) < 4.78 is 5.45. The van der Waals surface area contributed by atoms with Crippen LogP contribution in [0.1, 0.15) is 53.4 Å². The Morgan fingerprint density at radius 1 is 0.857 bits per heavy atom. The quantitative estimate of drug-likeness (QED) is 0.252. The van der Waals surface area contributed by atoms with Gasteiger partial charge in [0.15, 0.2) is 0 Å². The van der Waals surface area contributed by atoms with Crippen molar-refractivity contribution in [2.45, 2.75) is 53.4 Å². The number of hydrogen-bond donors (Lipinski definition) is 0. The zero-order valence-electron chi connectivity index (χ0n) is 16.9. The van der Waals surface area contributed by atoms with Crippen LogP contribution in [0, 0.1) is 20.2 Å². The lowest BCUT2D eigenvalue weighted by atomic mass is 10.1. The van der Waals surface area contributed by atoms with Crippen molar-refractivity contribution in [3.05, 3.63) is 73.4 Å². The molecule has 0 N–H and O–H groups in total. The number of non-ortho nitro benzene ring substituents is 2. The molecule has 0 aromatic heterocycles. The Labute approximate surface area is 165 Å². The van der Waals surface area contributed by atoms with Crippen molar-refractivity contribution in [3.63, 3.8) is 0 Å². The molecule has 0 aliphatic carbocycles. The highest BCUT2D eigenvalue weighted by molar-refractivity contribution is 5.49. The second-order valence-electron chi connectivity index (χ2n) is 6.97. The van der Waals surface area contributed by atoms with E-state index in [9.17, 15) is 20.2 Å². The van der Waals surface area contributed by atoms with E-state index in [1.165, 1.54) is 23.3 Å². The molecule has 0 atom stereocenters. The van der Waals surface area contributed by atoms with Crippen LogP contribution in [0.25, 0.3) is 0 Å². The van der Waals surface area contributed by atoms with Gasteiger partial charge in [0, 0.05) is 0 Å². The maximum atomic E-state index is 10.9. The Morgan fingerprint density at radius 3 is 1.86 bits per heavy atom. The zero-order chi connectivity index (χ0) is 21.1. The molecular formula is C21H28N2O5. The fourth-order valence-corrected chi connectivity index (χ4v) is 2.48. The van der Waals surface area contributed by atoms with E-state index in [2.05, 4.69) is 32.9 Å². The Balaban J connectivity index is 2.55. The van der Waals surface area contributed by atoms with Crippen LogP contribution >= 0.6 is 0 Å². The summed E-state index contributed by atoms with van der Waals surface area (Å²) in [4.78, 5) is 20.4. The number of hydrogen-bond acceptors (Lipinski definition) is 5. The molecule has 0 heterocycles. The molecule has 152 valence electrons. The van der Waals surface area contributed by atoms with Gasteiger partial charge in [-0.3, -0.25) is 20.2 Å². The minimum absolute atomic E-state index is 0.111.